The first-order chi connectivity index (χ1) is 7.43. The van der Waals surface area contributed by atoms with Gasteiger partial charge in [-0.15, -0.1) is 0 Å². The van der Waals surface area contributed by atoms with Crippen LogP contribution in [0.2, 0.25) is 0 Å². The molecule has 0 saturated heterocycles. The summed E-state index contributed by atoms with van der Waals surface area (Å²) < 4.78 is 0. The summed E-state index contributed by atoms with van der Waals surface area (Å²) in [5, 5.41) is 19.0. The van der Waals surface area contributed by atoms with Gasteiger partial charge >= 0.3 is 0 Å². The van der Waals surface area contributed by atoms with Crippen molar-refractivity contribution in [2.24, 2.45) is 5.41 Å². The van der Waals surface area contributed by atoms with Gasteiger partial charge in [0, 0.05) is 17.2 Å². The van der Waals surface area contributed by atoms with E-state index >= 15 is 0 Å². The van der Waals surface area contributed by atoms with E-state index in [9.17, 15) is 9.90 Å². The molecular formula is C11H17N3O2. The number of carbonyl (C=O) groups excluding carboxylic acids is 1. The van der Waals surface area contributed by atoms with Gasteiger partial charge in [0.05, 0.1) is 17.9 Å². The average molecular weight is 223 g/mol. The van der Waals surface area contributed by atoms with E-state index in [2.05, 4.69) is 15.5 Å². The molecule has 16 heavy (non-hydrogen) atoms. The minimum atomic E-state index is -0.330. The van der Waals surface area contributed by atoms with Crippen molar-refractivity contribution in [3.8, 4) is 0 Å². The van der Waals surface area contributed by atoms with Crippen LogP contribution in [0.1, 0.15) is 36.3 Å². The van der Waals surface area contributed by atoms with Crippen molar-refractivity contribution in [2.75, 3.05) is 0 Å². The van der Waals surface area contributed by atoms with Crippen LogP contribution in [0.25, 0.3) is 0 Å². The lowest BCUT2D eigenvalue weighted by atomic mass is 9.64. The molecule has 2 rings (SSSR count). The fourth-order valence-electron chi connectivity index (χ4n) is 1.96. The largest absolute Gasteiger partial charge is 0.392 e. The van der Waals surface area contributed by atoms with Crippen molar-refractivity contribution in [2.45, 2.75) is 39.3 Å². The Hall–Kier alpha value is -1.36. The zero-order valence-electron chi connectivity index (χ0n) is 9.74. The number of aliphatic hydroxyl groups excluding tert-OH is 1. The molecule has 0 spiro atoms. The summed E-state index contributed by atoms with van der Waals surface area (Å²) in [6.07, 6.45) is 1.81. The van der Waals surface area contributed by atoms with Crippen molar-refractivity contribution >= 4 is 5.91 Å². The van der Waals surface area contributed by atoms with E-state index in [1.807, 2.05) is 20.8 Å². The maximum absolute atomic E-state index is 11.9. The lowest BCUT2D eigenvalue weighted by Gasteiger charge is -2.49. The molecule has 0 radical (unpaired) electrons. The Morgan fingerprint density at radius 2 is 2.38 bits per heavy atom. The molecule has 0 aliphatic heterocycles. The molecule has 1 amide bonds. The van der Waals surface area contributed by atoms with E-state index in [1.165, 1.54) is 6.20 Å². The van der Waals surface area contributed by atoms with E-state index < -0.39 is 0 Å². The summed E-state index contributed by atoms with van der Waals surface area (Å²) in [4.78, 5) is 11.9. The molecule has 0 bridgehead atoms. The van der Waals surface area contributed by atoms with Gasteiger partial charge in [-0.1, -0.05) is 13.8 Å². The number of amides is 1. The van der Waals surface area contributed by atoms with Crippen LogP contribution >= 0.6 is 0 Å². The molecule has 5 heteroatoms. The number of nitrogens with one attached hydrogen (secondary N) is 2. The van der Waals surface area contributed by atoms with Crippen LogP contribution in [-0.2, 0) is 0 Å². The molecule has 2 atom stereocenters. The second-order valence-electron chi connectivity index (χ2n) is 5.01. The highest BCUT2D eigenvalue weighted by atomic mass is 16.3. The smallest absolute Gasteiger partial charge is 0.254 e. The SMILES string of the molecule is Cc1[nH]ncc1C(=O)NC1CC(O)C1(C)C. The van der Waals surface area contributed by atoms with E-state index in [-0.39, 0.29) is 23.5 Å². The predicted octanol–water partition coefficient (Wildman–Crippen LogP) is 0.607. The van der Waals surface area contributed by atoms with Gasteiger partial charge in [0.1, 0.15) is 0 Å². The number of rotatable bonds is 2. The quantitative estimate of drug-likeness (QED) is 0.687. The molecule has 5 nitrogen and oxygen atoms in total. The molecule has 1 saturated carbocycles. The highest BCUT2D eigenvalue weighted by Crippen LogP contribution is 2.40. The van der Waals surface area contributed by atoms with Crippen LogP contribution in [-0.4, -0.2) is 33.4 Å². The first-order valence-corrected chi connectivity index (χ1v) is 5.42. The minimum Gasteiger partial charge on any atom is -0.392 e. The molecule has 3 N–H and O–H groups in total. The fraction of sp³-hybridized carbons (Fsp3) is 0.636. The molecule has 1 fully saturated rings. The second-order valence-corrected chi connectivity index (χ2v) is 5.01. The Morgan fingerprint density at radius 3 is 2.81 bits per heavy atom. The van der Waals surface area contributed by atoms with Crippen LogP contribution in [0, 0.1) is 12.3 Å². The van der Waals surface area contributed by atoms with Gasteiger partial charge in [-0.2, -0.15) is 5.10 Å². The summed E-state index contributed by atoms with van der Waals surface area (Å²) in [6.45, 7) is 5.71. The first-order valence-electron chi connectivity index (χ1n) is 5.42. The zero-order chi connectivity index (χ0) is 11.9. The number of aromatic nitrogens is 2. The van der Waals surface area contributed by atoms with Crippen molar-refractivity contribution in [3.63, 3.8) is 0 Å². The Morgan fingerprint density at radius 1 is 1.69 bits per heavy atom. The summed E-state index contributed by atoms with van der Waals surface area (Å²) in [5.41, 5.74) is 1.08. The highest BCUT2D eigenvalue weighted by Gasteiger charge is 2.48. The maximum atomic E-state index is 11.9. The summed E-state index contributed by atoms with van der Waals surface area (Å²) in [6, 6.07) is 0.0318. The number of hydrogen-bond donors (Lipinski definition) is 3. The topological polar surface area (TPSA) is 78.0 Å². The molecule has 2 unspecified atom stereocenters. The number of aromatic amines is 1. The molecule has 1 aliphatic carbocycles. The van der Waals surface area contributed by atoms with Gasteiger partial charge in [-0.3, -0.25) is 9.89 Å². The summed E-state index contributed by atoms with van der Waals surface area (Å²) >= 11 is 0. The summed E-state index contributed by atoms with van der Waals surface area (Å²) in [5.74, 6) is -0.128. The van der Waals surface area contributed by atoms with E-state index in [0.717, 1.165) is 5.69 Å². The fourth-order valence-corrected chi connectivity index (χ4v) is 1.96. The maximum Gasteiger partial charge on any atom is 0.254 e. The highest BCUT2D eigenvalue weighted by molar-refractivity contribution is 5.95. The van der Waals surface area contributed by atoms with Crippen LogP contribution in [0.5, 0.6) is 0 Å². The van der Waals surface area contributed by atoms with Gasteiger partial charge in [0.15, 0.2) is 0 Å². The number of H-pyrrole nitrogens is 1. The number of aryl methyl sites for hydroxylation is 1. The zero-order valence-corrected chi connectivity index (χ0v) is 9.74. The number of aliphatic hydroxyl groups is 1. The van der Waals surface area contributed by atoms with Crippen LogP contribution in [0.4, 0.5) is 0 Å². The molecular weight excluding hydrogens is 206 g/mol. The monoisotopic (exact) mass is 223 g/mol. The minimum absolute atomic E-state index is 0.0318. The third kappa shape index (κ3) is 1.61. The molecule has 1 aliphatic rings. The standard InChI is InChI=1S/C11H17N3O2/c1-6-7(5-12-14-6)10(16)13-8-4-9(15)11(8,2)3/h5,8-9,15H,4H2,1-3H3,(H,12,14)(H,13,16). The molecule has 88 valence electrons. The van der Waals surface area contributed by atoms with Crippen LogP contribution < -0.4 is 5.32 Å². The third-order valence-electron chi connectivity index (χ3n) is 3.60. The predicted molar refractivity (Wildman–Crippen MR) is 59.0 cm³/mol. The van der Waals surface area contributed by atoms with E-state index in [4.69, 9.17) is 0 Å². The van der Waals surface area contributed by atoms with Gasteiger partial charge in [-0.05, 0) is 13.3 Å². The van der Waals surface area contributed by atoms with E-state index in [1.54, 1.807) is 0 Å². The van der Waals surface area contributed by atoms with Crippen molar-refractivity contribution in [3.05, 3.63) is 17.5 Å². The molecule has 1 heterocycles. The normalized spacial score (nSPS) is 27.2. The van der Waals surface area contributed by atoms with Crippen LogP contribution in [0.3, 0.4) is 0 Å². The third-order valence-corrected chi connectivity index (χ3v) is 3.60. The molecule has 1 aromatic heterocycles. The number of nitrogens with zero attached hydrogens (tertiary/aromatic N) is 1. The van der Waals surface area contributed by atoms with Gasteiger partial charge < -0.3 is 10.4 Å². The van der Waals surface area contributed by atoms with Crippen molar-refractivity contribution in [1.29, 1.82) is 0 Å². The van der Waals surface area contributed by atoms with Crippen molar-refractivity contribution < 1.29 is 9.90 Å². The second kappa shape index (κ2) is 3.59. The van der Waals surface area contributed by atoms with Gasteiger partial charge in [-0.25, -0.2) is 0 Å². The summed E-state index contributed by atoms with van der Waals surface area (Å²) in [7, 11) is 0. The first kappa shape index (κ1) is 11.1. The van der Waals surface area contributed by atoms with Gasteiger partial charge in [0.2, 0.25) is 0 Å². The number of hydrogen-bond acceptors (Lipinski definition) is 3. The van der Waals surface area contributed by atoms with E-state index in [0.29, 0.717) is 12.0 Å². The van der Waals surface area contributed by atoms with Crippen molar-refractivity contribution in [1.82, 2.24) is 15.5 Å². The average Bonchev–Trinajstić information content (AvgIpc) is 2.64. The Labute approximate surface area is 94.2 Å². The Kier molecular flexibility index (Phi) is 2.50. The Bertz CT molecular complexity index is 411. The molecule has 1 aromatic rings. The van der Waals surface area contributed by atoms with Gasteiger partial charge in [0.25, 0.3) is 5.91 Å². The Balaban J connectivity index is 2.02. The van der Waals surface area contributed by atoms with Crippen LogP contribution in [0.15, 0.2) is 6.20 Å². The molecule has 0 aromatic carbocycles. The number of carbonyl (C=O) groups is 1. The lowest BCUT2D eigenvalue weighted by molar-refractivity contribution is -0.0689. The lowest BCUT2D eigenvalue weighted by Crippen LogP contribution is -2.61.